The van der Waals surface area contributed by atoms with Gasteiger partial charge in [0.05, 0.1) is 29.8 Å². The first-order valence-electron chi connectivity index (χ1n) is 9.94. The molecule has 6 nitrogen and oxygen atoms in total. The minimum absolute atomic E-state index is 0.0592. The zero-order chi connectivity index (χ0) is 21.3. The summed E-state index contributed by atoms with van der Waals surface area (Å²) in [7, 11) is 1.53. The predicted octanol–water partition coefficient (Wildman–Crippen LogP) is 4.28. The average Bonchev–Trinajstić information content (AvgIpc) is 3.42. The maximum absolute atomic E-state index is 13.0. The highest BCUT2D eigenvalue weighted by atomic mass is 35.5. The van der Waals surface area contributed by atoms with Crippen LogP contribution in [0.3, 0.4) is 0 Å². The Balaban J connectivity index is 1.49. The minimum Gasteiger partial charge on any atom is -0.493 e. The molecule has 30 heavy (non-hydrogen) atoms. The molecule has 0 aromatic carbocycles. The lowest BCUT2D eigenvalue weighted by atomic mass is 9.89. The first-order valence-corrected chi connectivity index (χ1v) is 12.4. The number of pyridine rings is 1. The first-order chi connectivity index (χ1) is 14.5. The molecule has 0 atom stereocenters. The molecule has 2 amide bonds. The van der Waals surface area contributed by atoms with Gasteiger partial charge in [0.15, 0.2) is 5.75 Å². The molecule has 4 heterocycles. The summed E-state index contributed by atoms with van der Waals surface area (Å²) in [6.07, 6.45) is 1.55. The summed E-state index contributed by atoms with van der Waals surface area (Å²) in [6, 6.07) is 3.82. The van der Waals surface area contributed by atoms with E-state index in [0.29, 0.717) is 34.3 Å². The van der Waals surface area contributed by atoms with Crippen molar-refractivity contribution in [1.29, 1.82) is 0 Å². The maximum atomic E-state index is 13.0. The Kier molecular flexibility index (Phi) is 6.55. The lowest BCUT2D eigenvalue weighted by molar-refractivity contribution is 0.0705. The van der Waals surface area contributed by atoms with Crippen LogP contribution in [-0.4, -0.2) is 65.0 Å². The lowest BCUT2D eigenvalue weighted by Gasteiger charge is -2.32. The molecule has 2 aromatic rings. The van der Waals surface area contributed by atoms with Crippen molar-refractivity contribution in [3.63, 3.8) is 0 Å². The Labute approximate surface area is 189 Å². The van der Waals surface area contributed by atoms with Crippen molar-refractivity contribution in [3.05, 3.63) is 44.4 Å². The van der Waals surface area contributed by atoms with Gasteiger partial charge in [0.2, 0.25) is 0 Å². The molecule has 0 saturated carbocycles. The van der Waals surface area contributed by atoms with Crippen LogP contribution in [0.15, 0.2) is 17.5 Å². The molecule has 2 saturated heterocycles. The van der Waals surface area contributed by atoms with E-state index >= 15 is 0 Å². The third-order valence-electron chi connectivity index (χ3n) is 5.64. The molecule has 9 heteroatoms. The van der Waals surface area contributed by atoms with Crippen molar-refractivity contribution in [2.24, 2.45) is 0 Å². The van der Waals surface area contributed by atoms with Gasteiger partial charge in [-0.15, -0.1) is 23.1 Å². The fraction of sp³-hybridized carbons (Fsp3) is 0.476. The van der Waals surface area contributed by atoms with E-state index in [1.165, 1.54) is 18.4 Å². The number of thioether (sulfide) groups is 1. The fourth-order valence-corrected chi connectivity index (χ4v) is 5.99. The van der Waals surface area contributed by atoms with Gasteiger partial charge < -0.3 is 14.5 Å². The molecule has 0 unspecified atom stereocenters. The molecule has 0 radical (unpaired) electrons. The predicted molar refractivity (Wildman–Crippen MR) is 121 cm³/mol. The van der Waals surface area contributed by atoms with Crippen molar-refractivity contribution in [2.75, 3.05) is 38.4 Å². The van der Waals surface area contributed by atoms with Gasteiger partial charge in [-0.1, -0.05) is 11.6 Å². The first kappa shape index (κ1) is 21.5. The number of piperidine rings is 1. The van der Waals surface area contributed by atoms with Crippen molar-refractivity contribution in [2.45, 2.75) is 25.7 Å². The number of carbonyl (C=O) groups excluding carboxylic acids is 2. The molecular formula is C21H24ClN3O3S2. The standard InChI is InChI=1S/C21H24ClN3O3S2/c1-13-3-4-15(20(26)25-9-10-29-12-25)17(23-13)14-5-7-24(8-6-14)21(27)16-11-30-19(22)18(16)28-2/h3-4,11,14H,5-10,12H2,1-2H3. The molecule has 0 spiro atoms. The molecule has 4 rings (SSSR count). The Hall–Kier alpha value is -1.77. The van der Waals surface area contributed by atoms with Crippen LogP contribution in [0.25, 0.3) is 0 Å². The van der Waals surface area contributed by atoms with E-state index in [4.69, 9.17) is 21.3 Å². The number of rotatable bonds is 4. The molecule has 0 N–H and O–H groups in total. The smallest absolute Gasteiger partial charge is 0.258 e. The van der Waals surface area contributed by atoms with Gasteiger partial charge in [0.1, 0.15) is 4.34 Å². The van der Waals surface area contributed by atoms with Crippen LogP contribution in [0.4, 0.5) is 0 Å². The van der Waals surface area contributed by atoms with E-state index in [2.05, 4.69) is 0 Å². The fourth-order valence-electron chi connectivity index (χ4n) is 4.00. The summed E-state index contributed by atoms with van der Waals surface area (Å²) >= 11 is 9.20. The van der Waals surface area contributed by atoms with E-state index in [9.17, 15) is 9.59 Å². The number of aryl methyl sites for hydroxylation is 1. The molecular weight excluding hydrogens is 442 g/mol. The number of hydrogen-bond donors (Lipinski definition) is 0. The number of nitrogens with zero attached hydrogens (tertiary/aromatic N) is 3. The monoisotopic (exact) mass is 465 g/mol. The van der Waals surface area contributed by atoms with E-state index in [1.807, 2.05) is 28.9 Å². The summed E-state index contributed by atoms with van der Waals surface area (Å²) in [6.45, 7) is 3.97. The van der Waals surface area contributed by atoms with Gasteiger partial charge in [0.25, 0.3) is 11.8 Å². The molecule has 2 aliphatic rings. The summed E-state index contributed by atoms with van der Waals surface area (Å²) < 4.78 is 5.79. The molecule has 2 fully saturated rings. The number of ether oxygens (including phenoxy) is 1. The number of amides is 2. The van der Waals surface area contributed by atoms with E-state index in [1.54, 1.807) is 17.1 Å². The summed E-state index contributed by atoms with van der Waals surface area (Å²) in [5, 5.41) is 1.75. The molecule has 0 bridgehead atoms. The van der Waals surface area contributed by atoms with Gasteiger partial charge in [-0.2, -0.15) is 0 Å². The second-order valence-electron chi connectivity index (χ2n) is 7.51. The van der Waals surface area contributed by atoms with Crippen LogP contribution in [0.1, 0.15) is 50.9 Å². The van der Waals surface area contributed by atoms with Crippen LogP contribution < -0.4 is 4.74 Å². The number of aromatic nitrogens is 1. The highest BCUT2D eigenvalue weighted by molar-refractivity contribution is 7.99. The summed E-state index contributed by atoms with van der Waals surface area (Å²) in [5.74, 6) is 2.34. The summed E-state index contributed by atoms with van der Waals surface area (Å²) in [5.41, 5.74) is 3.01. The van der Waals surface area contributed by atoms with Gasteiger partial charge in [0, 0.05) is 42.4 Å². The second kappa shape index (κ2) is 9.16. The number of carbonyl (C=O) groups is 2. The van der Waals surface area contributed by atoms with Gasteiger partial charge in [-0.05, 0) is 31.9 Å². The quantitative estimate of drug-likeness (QED) is 0.674. The van der Waals surface area contributed by atoms with Gasteiger partial charge in [-0.25, -0.2) is 0 Å². The van der Waals surface area contributed by atoms with E-state index < -0.39 is 0 Å². The molecule has 2 aliphatic heterocycles. The zero-order valence-electron chi connectivity index (χ0n) is 17.0. The Morgan fingerprint density at radius 2 is 1.87 bits per heavy atom. The maximum Gasteiger partial charge on any atom is 0.258 e. The highest BCUT2D eigenvalue weighted by Gasteiger charge is 2.31. The number of hydrogen-bond acceptors (Lipinski definition) is 6. The number of methoxy groups -OCH3 is 1. The van der Waals surface area contributed by atoms with Crippen LogP contribution in [-0.2, 0) is 0 Å². The third-order valence-corrected chi connectivity index (χ3v) is 7.79. The second-order valence-corrected chi connectivity index (χ2v) is 10.1. The van der Waals surface area contributed by atoms with Crippen LogP contribution in [0.5, 0.6) is 5.75 Å². The van der Waals surface area contributed by atoms with Crippen molar-refractivity contribution >= 4 is 46.5 Å². The number of thiophene rings is 1. The van der Waals surface area contributed by atoms with Crippen LogP contribution in [0, 0.1) is 6.92 Å². The SMILES string of the molecule is COc1c(C(=O)N2CCC(c3nc(C)ccc3C(=O)N3CCSC3)CC2)csc1Cl. The molecule has 2 aromatic heterocycles. The van der Waals surface area contributed by atoms with Crippen LogP contribution in [0.2, 0.25) is 4.34 Å². The van der Waals surface area contributed by atoms with Crippen molar-refractivity contribution in [3.8, 4) is 5.75 Å². The van der Waals surface area contributed by atoms with E-state index in [0.717, 1.165) is 42.4 Å². The number of halogens is 1. The van der Waals surface area contributed by atoms with Crippen molar-refractivity contribution < 1.29 is 14.3 Å². The normalized spacial score (nSPS) is 17.4. The molecule has 0 aliphatic carbocycles. The van der Waals surface area contributed by atoms with Crippen LogP contribution >= 0.6 is 34.7 Å². The van der Waals surface area contributed by atoms with E-state index in [-0.39, 0.29) is 17.7 Å². The third kappa shape index (κ3) is 4.18. The Bertz CT molecular complexity index is 951. The van der Waals surface area contributed by atoms with Crippen molar-refractivity contribution in [1.82, 2.24) is 14.8 Å². The highest BCUT2D eigenvalue weighted by Crippen LogP contribution is 2.37. The van der Waals surface area contributed by atoms with Gasteiger partial charge in [-0.3, -0.25) is 14.6 Å². The zero-order valence-corrected chi connectivity index (χ0v) is 19.4. The lowest BCUT2D eigenvalue weighted by Crippen LogP contribution is -2.38. The Morgan fingerprint density at radius 3 is 2.53 bits per heavy atom. The summed E-state index contributed by atoms with van der Waals surface area (Å²) in [4.78, 5) is 34.5. The van der Waals surface area contributed by atoms with Gasteiger partial charge >= 0.3 is 0 Å². The number of likely N-dealkylation sites (tertiary alicyclic amines) is 1. The molecule has 160 valence electrons. The minimum atomic E-state index is -0.0592. The average molecular weight is 466 g/mol. The largest absolute Gasteiger partial charge is 0.493 e. The Morgan fingerprint density at radius 1 is 1.13 bits per heavy atom. The topological polar surface area (TPSA) is 62.7 Å².